The zero-order valence-electron chi connectivity index (χ0n) is 13.7. The van der Waals surface area contributed by atoms with Crippen LogP contribution in [0.15, 0.2) is 18.2 Å². The molecule has 24 heavy (non-hydrogen) atoms. The molecule has 0 radical (unpaired) electrons. The minimum absolute atomic E-state index is 0. The molecule has 2 rings (SSSR count). The molecule has 1 aromatic rings. The third-order valence-corrected chi connectivity index (χ3v) is 3.97. The zero-order valence-corrected chi connectivity index (χ0v) is 15.3. The van der Waals surface area contributed by atoms with Crippen LogP contribution >= 0.6 is 24.8 Å². The Bertz CT molecular complexity index is 503. The fourth-order valence-electron chi connectivity index (χ4n) is 2.89. The Morgan fingerprint density at radius 3 is 2.17 bits per heavy atom. The van der Waals surface area contributed by atoms with Crippen molar-refractivity contribution in [2.24, 2.45) is 5.92 Å². The monoisotopic (exact) mass is 390 g/mol. The van der Waals surface area contributed by atoms with Gasteiger partial charge in [-0.15, -0.1) is 24.8 Å². The second kappa shape index (κ2) is 9.80. The highest BCUT2D eigenvalue weighted by molar-refractivity contribution is 5.85. The number of benzene rings is 1. The van der Waals surface area contributed by atoms with Crippen molar-refractivity contribution in [2.75, 3.05) is 26.2 Å². The van der Waals surface area contributed by atoms with Gasteiger partial charge in [-0.3, -0.25) is 4.90 Å². The lowest BCUT2D eigenvalue weighted by Crippen LogP contribution is -2.45. The molecule has 1 fully saturated rings. The number of alkyl halides is 3. The molecule has 0 saturated carbocycles. The van der Waals surface area contributed by atoms with E-state index in [1.807, 2.05) is 13.8 Å². The van der Waals surface area contributed by atoms with Gasteiger partial charge >= 0.3 is 6.18 Å². The largest absolute Gasteiger partial charge is 0.416 e. The van der Waals surface area contributed by atoms with Crippen molar-refractivity contribution in [3.8, 4) is 0 Å². The topological polar surface area (TPSA) is 15.3 Å². The lowest BCUT2D eigenvalue weighted by Gasteiger charge is -2.36. The first-order valence-corrected chi connectivity index (χ1v) is 7.60. The Hall–Kier alpha value is -0.560. The van der Waals surface area contributed by atoms with Crippen LogP contribution in [0.1, 0.15) is 37.4 Å². The third-order valence-electron chi connectivity index (χ3n) is 3.97. The molecule has 1 aromatic carbocycles. The van der Waals surface area contributed by atoms with E-state index < -0.39 is 17.6 Å². The average molecular weight is 391 g/mol. The molecule has 0 bridgehead atoms. The van der Waals surface area contributed by atoms with E-state index in [0.29, 0.717) is 17.5 Å². The van der Waals surface area contributed by atoms with Gasteiger partial charge in [-0.25, -0.2) is 4.39 Å². The summed E-state index contributed by atoms with van der Waals surface area (Å²) in [7, 11) is 0. The summed E-state index contributed by atoms with van der Waals surface area (Å²) < 4.78 is 52.3. The minimum atomic E-state index is -4.51. The van der Waals surface area contributed by atoms with Crippen LogP contribution in [0.4, 0.5) is 17.6 Å². The van der Waals surface area contributed by atoms with Gasteiger partial charge in [0.15, 0.2) is 0 Å². The first kappa shape index (κ1) is 23.4. The van der Waals surface area contributed by atoms with E-state index in [1.165, 1.54) is 6.07 Å². The number of hydrogen-bond donors (Lipinski definition) is 1. The number of hydrogen-bond acceptors (Lipinski definition) is 2. The molecule has 1 heterocycles. The van der Waals surface area contributed by atoms with Crippen LogP contribution in [0.25, 0.3) is 0 Å². The summed E-state index contributed by atoms with van der Waals surface area (Å²) in [6.07, 6.45) is -3.79. The Morgan fingerprint density at radius 2 is 1.71 bits per heavy atom. The van der Waals surface area contributed by atoms with Gasteiger partial charge in [0.1, 0.15) is 5.82 Å². The van der Waals surface area contributed by atoms with Crippen molar-refractivity contribution in [1.29, 1.82) is 0 Å². The summed E-state index contributed by atoms with van der Waals surface area (Å²) in [5.41, 5.74) is -0.569. The summed E-state index contributed by atoms with van der Waals surface area (Å²) in [6.45, 7) is 7.26. The van der Waals surface area contributed by atoms with Crippen LogP contribution in [0.3, 0.4) is 0 Å². The maximum Gasteiger partial charge on any atom is 0.416 e. The highest BCUT2D eigenvalue weighted by atomic mass is 35.5. The lowest BCUT2D eigenvalue weighted by molar-refractivity contribution is -0.137. The normalized spacial score (nSPS) is 17.1. The minimum Gasteiger partial charge on any atom is -0.314 e. The molecule has 0 aromatic heterocycles. The molecule has 1 aliphatic heterocycles. The van der Waals surface area contributed by atoms with E-state index in [0.717, 1.165) is 38.7 Å². The quantitative estimate of drug-likeness (QED) is 0.750. The van der Waals surface area contributed by atoms with Gasteiger partial charge in [0, 0.05) is 37.8 Å². The summed E-state index contributed by atoms with van der Waals surface area (Å²) in [5.74, 6) is -0.430. The second-order valence-electron chi connectivity index (χ2n) is 6.17. The van der Waals surface area contributed by atoms with Crippen molar-refractivity contribution >= 4 is 24.8 Å². The van der Waals surface area contributed by atoms with Gasteiger partial charge in [-0.2, -0.15) is 13.2 Å². The highest BCUT2D eigenvalue weighted by Crippen LogP contribution is 2.34. The maximum absolute atomic E-state index is 14.3. The van der Waals surface area contributed by atoms with Crippen LogP contribution in [-0.2, 0) is 6.18 Å². The van der Waals surface area contributed by atoms with E-state index in [4.69, 9.17) is 0 Å². The van der Waals surface area contributed by atoms with E-state index in [2.05, 4.69) is 10.2 Å². The summed E-state index contributed by atoms with van der Waals surface area (Å²) in [5, 5.41) is 3.23. The van der Waals surface area contributed by atoms with Crippen molar-refractivity contribution in [3.63, 3.8) is 0 Å². The highest BCUT2D eigenvalue weighted by Gasteiger charge is 2.32. The second-order valence-corrected chi connectivity index (χ2v) is 6.17. The molecule has 0 aliphatic carbocycles. The maximum atomic E-state index is 14.3. The fraction of sp³-hybridized carbons (Fsp3) is 0.625. The number of piperazine rings is 1. The predicted molar refractivity (Wildman–Crippen MR) is 92.5 cm³/mol. The van der Waals surface area contributed by atoms with Crippen molar-refractivity contribution in [2.45, 2.75) is 32.5 Å². The molecule has 0 amide bonds. The Labute approximate surface area is 152 Å². The molecule has 1 saturated heterocycles. The molecule has 0 unspecified atom stereocenters. The summed E-state index contributed by atoms with van der Waals surface area (Å²) >= 11 is 0. The van der Waals surface area contributed by atoms with Crippen LogP contribution in [0.5, 0.6) is 0 Å². The van der Waals surface area contributed by atoms with Gasteiger partial charge in [0.2, 0.25) is 0 Å². The van der Waals surface area contributed by atoms with E-state index in [-0.39, 0.29) is 30.9 Å². The fourth-order valence-corrected chi connectivity index (χ4v) is 2.89. The zero-order chi connectivity index (χ0) is 16.3. The molecule has 1 aliphatic rings. The summed E-state index contributed by atoms with van der Waals surface area (Å²) in [4.78, 5) is 2.15. The van der Waals surface area contributed by atoms with Gasteiger partial charge < -0.3 is 5.32 Å². The molecule has 1 atom stereocenters. The lowest BCUT2D eigenvalue weighted by atomic mass is 9.93. The molecule has 8 heteroatoms. The average Bonchev–Trinajstić information content (AvgIpc) is 2.45. The van der Waals surface area contributed by atoms with Crippen LogP contribution in [0.2, 0.25) is 0 Å². The smallest absolute Gasteiger partial charge is 0.314 e. The van der Waals surface area contributed by atoms with Gasteiger partial charge in [0.25, 0.3) is 0 Å². The standard InChI is InChI=1S/C16H22F4N2.2ClH/c1-11(2)9-15(22-7-5-21-6-8-22)13-4-3-12(10-14(13)17)16(18,19)20;;/h3-4,10-11,15,21H,5-9H2,1-2H3;2*1H/t15-;;/m0../s1. The SMILES string of the molecule is CC(C)C[C@@H](c1ccc(C(F)(F)F)cc1F)N1CCNCC1.Cl.Cl. The van der Waals surface area contributed by atoms with E-state index >= 15 is 0 Å². The number of halogens is 6. The van der Waals surface area contributed by atoms with Crippen molar-refractivity contribution in [3.05, 3.63) is 35.1 Å². The summed E-state index contributed by atoms with van der Waals surface area (Å²) in [6, 6.07) is 2.72. The first-order valence-electron chi connectivity index (χ1n) is 7.60. The first-order chi connectivity index (χ1) is 10.3. The number of rotatable bonds is 4. The number of nitrogens with one attached hydrogen (secondary N) is 1. The Balaban J connectivity index is 0.00000264. The molecule has 0 spiro atoms. The molecule has 2 nitrogen and oxygen atoms in total. The number of nitrogens with zero attached hydrogens (tertiary/aromatic N) is 1. The third kappa shape index (κ3) is 6.06. The van der Waals surface area contributed by atoms with Crippen LogP contribution in [0, 0.1) is 11.7 Å². The Morgan fingerprint density at radius 1 is 1.12 bits per heavy atom. The van der Waals surface area contributed by atoms with Crippen molar-refractivity contribution in [1.82, 2.24) is 10.2 Å². The Kier molecular flexibility index (Phi) is 9.57. The van der Waals surface area contributed by atoms with Crippen LogP contribution < -0.4 is 5.32 Å². The van der Waals surface area contributed by atoms with Gasteiger partial charge in [0.05, 0.1) is 5.56 Å². The van der Waals surface area contributed by atoms with E-state index in [1.54, 1.807) is 0 Å². The molecule has 1 N–H and O–H groups in total. The molecular formula is C16H24Cl2F4N2. The van der Waals surface area contributed by atoms with Crippen LogP contribution in [-0.4, -0.2) is 31.1 Å². The van der Waals surface area contributed by atoms with Gasteiger partial charge in [-0.1, -0.05) is 19.9 Å². The van der Waals surface area contributed by atoms with Gasteiger partial charge in [-0.05, 0) is 24.5 Å². The molecular weight excluding hydrogens is 367 g/mol. The van der Waals surface area contributed by atoms with E-state index in [9.17, 15) is 17.6 Å². The predicted octanol–water partition coefficient (Wildman–Crippen LogP) is 4.68. The van der Waals surface area contributed by atoms with Crippen molar-refractivity contribution < 1.29 is 17.6 Å². The molecule has 140 valence electrons.